The van der Waals surface area contributed by atoms with Crippen molar-refractivity contribution in [1.29, 1.82) is 0 Å². The first kappa shape index (κ1) is 24.5. The van der Waals surface area contributed by atoms with Crippen molar-refractivity contribution in [2.45, 2.75) is 0 Å². The normalized spacial score (nSPS) is 10.2. The molecule has 1 amide bonds. The van der Waals surface area contributed by atoms with Crippen LogP contribution in [0.2, 0.25) is 10.0 Å². The van der Waals surface area contributed by atoms with Gasteiger partial charge in [0, 0.05) is 10.8 Å². The van der Waals surface area contributed by atoms with Gasteiger partial charge in [-0.25, -0.2) is 9.78 Å². The summed E-state index contributed by atoms with van der Waals surface area (Å²) in [6, 6.07) is 18.2. The van der Waals surface area contributed by atoms with E-state index >= 15 is 0 Å². The third-order valence-electron chi connectivity index (χ3n) is 4.85. The summed E-state index contributed by atoms with van der Waals surface area (Å²) in [5.41, 5.74) is 10.3. The predicted molar refractivity (Wildman–Crippen MR) is 135 cm³/mol. The minimum absolute atomic E-state index is 0.0405. The van der Waals surface area contributed by atoms with Crippen LogP contribution in [0.4, 0.5) is 5.69 Å². The van der Waals surface area contributed by atoms with Crippen LogP contribution in [0.3, 0.4) is 0 Å². The molecular weight excluding hydrogens is 479 g/mol. The number of fused-ring (bicyclic) bond motifs is 3. The van der Waals surface area contributed by atoms with Gasteiger partial charge in [0.15, 0.2) is 0 Å². The Hall–Kier alpha value is -4.14. The SMILES string of the molecule is NC=O.Nc1c(C(=O)O)cc2ccccc2c1Cl.O=c1[nH]cnc2c(Cl)c3ccccc3cc12. The summed E-state index contributed by atoms with van der Waals surface area (Å²) in [7, 11) is 0. The fraction of sp³-hybridized carbons (Fsp3) is 0. The number of nitrogens with two attached hydrogens (primary N) is 2. The number of halogens is 2. The Kier molecular flexibility index (Phi) is 7.68. The van der Waals surface area contributed by atoms with Gasteiger partial charge in [-0.1, -0.05) is 71.7 Å². The molecule has 0 spiro atoms. The first-order valence-electron chi connectivity index (χ1n) is 9.70. The fourth-order valence-electron chi connectivity index (χ4n) is 3.32. The number of nitrogens with zero attached hydrogens (tertiary/aromatic N) is 1. The molecule has 6 N–H and O–H groups in total. The first-order valence-corrected chi connectivity index (χ1v) is 10.5. The molecule has 5 aromatic rings. The number of nitrogens with one attached hydrogen (secondary N) is 1. The summed E-state index contributed by atoms with van der Waals surface area (Å²) in [5.74, 6) is -1.07. The number of carbonyl (C=O) groups is 2. The number of hydrogen-bond donors (Lipinski definition) is 4. The van der Waals surface area contributed by atoms with Crippen molar-refractivity contribution in [3.8, 4) is 0 Å². The molecule has 8 nitrogen and oxygen atoms in total. The lowest BCUT2D eigenvalue weighted by Crippen LogP contribution is -2.06. The molecule has 0 bridgehead atoms. The molecule has 4 aromatic carbocycles. The summed E-state index contributed by atoms with van der Waals surface area (Å²) in [5, 5.41) is 13.6. The molecule has 10 heteroatoms. The van der Waals surface area contributed by atoms with Crippen molar-refractivity contribution in [2.75, 3.05) is 5.73 Å². The largest absolute Gasteiger partial charge is 0.478 e. The highest BCUT2D eigenvalue weighted by molar-refractivity contribution is 6.40. The Morgan fingerprint density at radius 1 is 0.941 bits per heavy atom. The molecule has 34 heavy (non-hydrogen) atoms. The summed E-state index contributed by atoms with van der Waals surface area (Å²) < 4.78 is 0. The molecule has 0 aliphatic rings. The third-order valence-corrected chi connectivity index (χ3v) is 5.64. The van der Waals surface area contributed by atoms with Crippen LogP contribution in [-0.2, 0) is 4.79 Å². The number of anilines is 1. The van der Waals surface area contributed by atoms with Crippen molar-refractivity contribution in [3.63, 3.8) is 0 Å². The lowest BCUT2D eigenvalue weighted by molar-refractivity contribution is -0.106. The minimum atomic E-state index is -1.07. The molecule has 0 unspecified atom stereocenters. The monoisotopic (exact) mass is 496 g/mol. The second-order valence-corrected chi connectivity index (χ2v) is 7.61. The molecule has 1 heterocycles. The van der Waals surface area contributed by atoms with Crippen molar-refractivity contribution < 1.29 is 14.7 Å². The average molecular weight is 497 g/mol. The van der Waals surface area contributed by atoms with Gasteiger partial charge in [-0.3, -0.25) is 9.59 Å². The Morgan fingerprint density at radius 3 is 2.06 bits per heavy atom. The topological polar surface area (TPSA) is 152 Å². The van der Waals surface area contributed by atoms with E-state index in [1.807, 2.05) is 42.5 Å². The quantitative estimate of drug-likeness (QED) is 0.151. The van der Waals surface area contributed by atoms with Gasteiger partial charge >= 0.3 is 5.97 Å². The molecule has 0 aliphatic carbocycles. The van der Waals surface area contributed by atoms with E-state index < -0.39 is 5.97 Å². The highest BCUT2D eigenvalue weighted by atomic mass is 35.5. The third kappa shape index (κ3) is 4.93. The lowest BCUT2D eigenvalue weighted by Gasteiger charge is -2.07. The van der Waals surface area contributed by atoms with Crippen LogP contribution in [0.5, 0.6) is 0 Å². The number of aromatic carboxylic acids is 1. The molecule has 0 saturated carbocycles. The summed E-state index contributed by atoms with van der Waals surface area (Å²) in [6.45, 7) is 0. The summed E-state index contributed by atoms with van der Waals surface area (Å²) >= 11 is 12.2. The maximum atomic E-state index is 11.6. The van der Waals surface area contributed by atoms with E-state index in [0.29, 0.717) is 20.9 Å². The zero-order valence-corrected chi connectivity index (χ0v) is 19.0. The standard InChI is InChI=1S/C12H7ClN2O.C11H8ClNO2.CH3NO/c13-10-8-4-2-1-3-7(8)5-9-11(10)14-6-15-12(9)16;12-9-7-4-2-1-3-6(7)5-8(10(9)13)11(14)15;2-1-3/h1-6H,(H,14,15,16);1-5H,13H2,(H,14,15);1H,(H2,2,3). The molecule has 1 aromatic heterocycles. The number of carboxylic acid groups (broad SMARTS) is 1. The number of nitrogen functional groups attached to an aromatic ring is 1. The van der Waals surface area contributed by atoms with Crippen LogP contribution < -0.4 is 17.0 Å². The maximum absolute atomic E-state index is 11.6. The maximum Gasteiger partial charge on any atom is 0.337 e. The Bertz CT molecular complexity index is 1590. The van der Waals surface area contributed by atoms with Gasteiger partial charge in [0.25, 0.3) is 5.56 Å². The van der Waals surface area contributed by atoms with E-state index in [2.05, 4.69) is 15.7 Å². The molecule has 0 saturated heterocycles. The minimum Gasteiger partial charge on any atom is -0.478 e. The van der Waals surface area contributed by atoms with Crippen molar-refractivity contribution in [3.05, 3.63) is 93.0 Å². The van der Waals surface area contributed by atoms with E-state index in [-0.39, 0.29) is 23.2 Å². The Labute approximate surface area is 202 Å². The number of benzene rings is 4. The number of aromatic amines is 1. The average Bonchev–Trinajstić information content (AvgIpc) is 2.83. The van der Waals surface area contributed by atoms with E-state index in [4.69, 9.17) is 38.8 Å². The van der Waals surface area contributed by atoms with Crippen molar-refractivity contribution >= 4 is 73.7 Å². The first-order chi connectivity index (χ1) is 16.3. The molecule has 5 rings (SSSR count). The number of rotatable bonds is 1. The highest BCUT2D eigenvalue weighted by Crippen LogP contribution is 2.32. The molecule has 0 radical (unpaired) electrons. The van der Waals surface area contributed by atoms with Gasteiger partial charge in [0.1, 0.15) is 0 Å². The van der Waals surface area contributed by atoms with Crippen LogP contribution in [0.25, 0.3) is 32.4 Å². The van der Waals surface area contributed by atoms with Crippen LogP contribution >= 0.6 is 23.2 Å². The number of primary amides is 1. The summed E-state index contributed by atoms with van der Waals surface area (Å²) in [4.78, 5) is 37.7. The Morgan fingerprint density at radius 2 is 1.47 bits per heavy atom. The molecule has 0 fully saturated rings. The van der Waals surface area contributed by atoms with E-state index in [0.717, 1.165) is 21.5 Å². The van der Waals surface area contributed by atoms with Gasteiger partial charge in [-0.05, 0) is 22.9 Å². The van der Waals surface area contributed by atoms with Gasteiger partial charge in [-0.15, -0.1) is 0 Å². The lowest BCUT2D eigenvalue weighted by atomic mass is 10.1. The van der Waals surface area contributed by atoms with E-state index in [9.17, 15) is 9.59 Å². The Balaban J connectivity index is 0.000000172. The van der Waals surface area contributed by atoms with E-state index in [1.165, 1.54) is 12.4 Å². The molecule has 0 aliphatic heterocycles. The van der Waals surface area contributed by atoms with Crippen LogP contribution in [0.15, 0.2) is 71.8 Å². The van der Waals surface area contributed by atoms with Crippen molar-refractivity contribution in [2.24, 2.45) is 5.73 Å². The zero-order chi connectivity index (χ0) is 24.8. The number of carboxylic acids is 1. The smallest absolute Gasteiger partial charge is 0.337 e. The van der Waals surface area contributed by atoms with E-state index in [1.54, 1.807) is 12.1 Å². The van der Waals surface area contributed by atoms with Gasteiger partial charge < -0.3 is 21.6 Å². The molecule has 0 atom stereocenters. The fourth-order valence-corrected chi connectivity index (χ4v) is 3.92. The molecular formula is C24H18Cl2N4O4. The second kappa shape index (κ2) is 10.7. The van der Waals surface area contributed by atoms with Gasteiger partial charge in [0.2, 0.25) is 6.41 Å². The predicted octanol–water partition coefficient (Wildman–Crippen LogP) is 4.60. The van der Waals surface area contributed by atoms with Gasteiger partial charge in [0.05, 0.1) is 38.5 Å². The van der Waals surface area contributed by atoms with Crippen LogP contribution in [0, 0.1) is 0 Å². The van der Waals surface area contributed by atoms with Gasteiger partial charge in [-0.2, -0.15) is 0 Å². The van der Waals surface area contributed by atoms with Crippen LogP contribution in [-0.4, -0.2) is 27.5 Å². The summed E-state index contributed by atoms with van der Waals surface area (Å²) in [6.07, 6.45) is 1.62. The number of amides is 1. The number of aromatic nitrogens is 2. The second-order valence-electron chi connectivity index (χ2n) is 6.85. The van der Waals surface area contributed by atoms with Crippen LogP contribution in [0.1, 0.15) is 10.4 Å². The highest BCUT2D eigenvalue weighted by Gasteiger charge is 2.13. The van der Waals surface area contributed by atoms with Crippen molar-refractivity contribution in [1.82, 2.24) is 9.97 Å². The molecule has 172 valence electrons. The number of H-pyrrole nitrogens is 1. The number of carbonyl (C=O) groups excluding carboxylic acids is 1. The zero-order valence-electron chi connectivity index (χ0n) is 17.5. The number of hydrogen-bond acceptors (Lipinski definition) is 5.